The first-order valence-electron chi connectivity index (χ1n) is 6.97. The van der Waals surface area contributed by atoms with Crippen molar-refractivity contribution in [1.29, 1.82) is 0 Å². The topological polar surface area (TPSA) is 51.2 Å². The summed E-state index contributed by atoms with van der Waals surface area (Å²) in [6, 6.07) is 9.27. The van der Waals surface area contributed by atoms with Crippen LogP contribution in [-0.4, -0.2) is 10.9 Å². The highest BCUT2D eigenvalue weighted by molar-refractivity contribution is 7.07. The Morgan fingerprint density at radius 2 is 1.83 bits per heavy atom. The quantitative estimate of drug-likeness (QED) is 0.751. The summed E-state index contributed by atoms with van der Waals surface area (Å²) >= 11 is 1.49. The van der Waals surface area contributed by atoms with Gasteiger partial charge in [0.1, 0.15) is 24.0 Å². The molecule has 0 aliphatic carbocycles. The zero-order valence-electron chi connectivity index (χ0n) is 12.3. The molecule has 0 fully saturated rings. The molecule has 0 spiro atoms. The van der Waals surface area contributed by atoms with Crippen molar-refractivity contribution in [1.82, 2.24) is 4.98 Å². The monoisotopic (exact) mass is 346 g/mol. The van der Waals surface area contributed by atoms with Crippen LogP contribution in [0.4, 0.5) is 14.5 Å². The van der Waals surface area contributed by atoms with Crippen molar-refractivity contribution >= 4 is 22.9 Å². The minimum absolute atomic E-state index is 0.0568. The lowest BCUT2D eigenvalue weighted by Crippen LogP contribution is -2.12. The lowest BCUT2D eigenvalue weighted by molar-refractivity contribution is 0.102. The summed E-state index contributed by atoms with van der Waals surface area (Å²) in [4.78, 5) is 16.2. The molecule has 0 atom stereocenters. The normalized spacial score (nSPS) is 10.4. The maximum absolute atomic E-state index is 13.1. The molecule has 4 nitrogen and oxygen atoms in total. The summed E-state index contributed by atoms with van der Waals surface area (Å²) < 4.78 is 31.8. The molecule has 0 bridgehead atoms. The maximum atomic E-state index is 13.1. The first kappa shape index (κ1) is 16.1. The molecule has 1 amide bonds. The van der Waals surface area contributed by atoms with Gasteiger partial charge in [0, 0.05) is 22.7 Å². The van der Waals surface area contributed by atoms with Gasteiger partial charge in [-0.3, -0.25) is 4.79 Å². The number of thiazole rings is 1. The van der Waals surface area contributed by atoms with E-state index < -0.39 is 17.5 Å². The third-order valence-corrected chi connectivity index (χ3v) is 3.74. The number of hydrogen-bond donors (Lipinski definition) is 1. The van der Waals surface area contributed by atoms with Gasteiger partial charge >= 0.3 is 0 Å². The highest BCUT2D eigenvalue weighted by Gasteiger charge is 2.08. The van der Waals surface area contributed by atoms with E-state index in [1.54, 1.807) is 29.8 Å². The van der Waals surface area contributed by atoms with E-state index in [-0.39, 0.29) is 5.69 Å². The van der Waals surface area contributed by atoms with Crippen LogP contribution in [0.15, 0.2) is 53.4 Å². The summed E-state index contributed by atoms with van der Waals surface area (Å²) in [5.74, 6) is -1.38. The number of nitrogens with one attached hydrogen (secondary N) is 1. The second-order valence-electron chi connectivity index (χ2n) is 4.91. The Bertz CT molecular complexity index is 816. The largest absolute Gasteiger partial charge is 0.487 e. The molecule has 24 heavy (non-hydrogen) atoms. The number of halogens is 2. The molecule has 0 aliphatic heterocycles. The van der Waals surface area contributed by atoms with Gasteiger partial charge in [-0.1, -0.05) is 0 Å². The molecular formula is C17H12F2N2O2S. The van der Waals surface area contributed by atoms with Crippen LogP contribution in [0.5, 0.6) is 5.75 Å². The van der Waals surface area contributed by atoms with Crippen molar-refractivity contribution in [2.75, 3.05) is 5.32 Å². The second-order valence-corrected chi connectivity index (χ2v) is 5.62. The first-order valence-corrected chi connectivity index (χ1v) is 7.92. The molecule has 0 unspecified atom stereocenters. The van der Waals surface area contributed by atoms with Gasteiger partial charge in [-0.2, -0.15) is 0 Å². The number of ether oxygens (including phenoxy) is 1. The van der Waals surface area contributed by atoms with Crippen molar-refractivity contribution in [3.8, 4) is 5.75 Å². The van der Waals surface area contributed by atoms with Crippen molar-refractivity contribution in [3.63, 3.8) is 0 Å². The zero-order valence-corrected chi connectivity index (χ0v) is 13.1. The van der Waals surface area contributed by atoms with E-state index in [0.717, 1.165) is 23.9 Å². The van der Waals surface area contributed by atoms with E-state index in [9.17, 15) is 13.6 Å². The van der Waals surface area contributed by atoms with Crippen LogP contribution < -0.4 is 10.1 Å². The molecule has 7 heteroatoms. The van der Waals surface area contributed by atoms with E-state index >= 15 is 0 Å². The Morgan fingerprint density at radius 3 is 2.46 bits per heavy atom. The van der Waals surface area contributed by atoms with Crippen LogP contribution in [0.2, 0.25) is 0 Å². The number of carbonyl (C=O) groups is 1. The van der Waals surface area contributed by atoms with Gasteiger partial charge in [0.25, 0.3) is 5.91 Å². The van der Waals surface area contributed by atoms with Crippen LogP contribution in [-0.2, 0) is 6.61 Å². The molecule has 0 aliphatic rings. The Hall–Kier alpha value is -2.80. The Morgan fingerprint density at radius 1 is 1.12 bits per heavy atom. The number of amides is 1. The van der Waals surface area contributed by atoms with E-state index in [2.05, 4.69) is 10.3 Å². The van der Waals surface area contributed by atoms with Crippen LogP contribution in [0, 0.1) is 11.6 Å². The second kappa shape index (κ2) is 7.18. The molecule has 0 saturated heterocycles. The highest BCUT2D eigenvalue weighted by Crippen LogP contribution is 2.17. The summed E-state index contributed by atoms with van der Waals surface area (Å²) in [6.45, 7) is 0.345. The predicted molar refractivity (Wildman–Crippen MR) is 87.2 cm³/mol. The van der Waals surface area contributed by atoms with Gasteiger partial charge in [0.15, 0.2) is 0 Å². The molecule has 3 aromatic rings. The van der Waals surface area contributed by atoms with Crippen LogP contribution >= 0.6 is 11.3 Å². The number of aromatic nitrogens is 1. The summed E-state index contributed by atoms with van der Waals surface area (Å²) in [6.07, 6.45) is 0. The van der Waals surface area contributed by atoms with E-state index in [1.807, 2.05) is 5.38 Å². The molecule has 0 saturated carbocycles. The Labute approximate surface area is 140 Å². The molecule has 0 radical (unpaired) electrons. The lowest BCUT2D eigenvalue weighted by Gasteiger charge is -2.07. The summed E-state index contributed by atoms with van der Waals surface area (Å²) in [5, 5.41) is 4.33. The van der Waals surface area contributed by atoms with E-state index in [0.29, 0.717) is 17.9 Å². The minimum atomic E-state index is -0.754. The zero-order chi connectivity index (χ0) is 16.9. The standard InChI is InChI=1S/C17H12F2N2O2S/c18-12-5-13(19)7-14(6-12)21-17(22)11-1-3-16(4-2-11)23-8-15-9-24-10-20-15/h1-7,9-10H,8H2,(H,21,22). The first-order chi connectivity index (χ1) is 11.6. The van der Waals surface area contributed by atoms with Crippen molar-refractivity contribution in [3.05, 3.63) is 76.2 Å². The number of rotatable bonds is 5. The van der Waals surface area contributed by atoms with Gasteiger partial charge in [-0.05, 0) is 36.4 Å². The van der Waals surface area contributed by atoms with Crippen molar-refractivity contribution in [2.45, 2.75) is 6.61 Å². The maximum Gasteiger partial charge on any atom is 0.255 e. The van der Waals surface area contributed by atoms with Gasteiger partial charge in [0.2, 0.25) is 0 Å². The number of nitrogens with zero attached hydrogens (tertiary/aromatic N) is 1. The van der Waals surface area contributed by atoms with Gasteiger partial charge < -0.3 is 10.1 Å². The number of benzene rings is 2. The van der Waals surface area contributed by atoms with E-state index in [4.69, 9.17) is 4.74 Å². The van der Waals surface area contributed by atoms with Crippen LogP contribution in [0.3, 0.4) is 0 Å². The lowest BCUT2D eigenvalue weighted by atomic mass is 10.2. The number of hydrogen-bond acceptors (Lipinski definition) is 4. The summed E-state index contributed by atoms with van der Waals surface area (Å²) in [5.41, 5.74) is 2.96. The fourth-order valence-corrected chi connectivity index (χ4v) is 2.54. The molecule has 1 N–H and O–H groups in total. The van der Waals surface area contributed by atoms with Gasteiger partial charge in [0.05, 0.1) is 11.2 Å². The third kappa shape index (κ3) is 4.14. The number of carbonyl (C=O) groups excluding carboxylic acids is 1. The fourth-order valence-electron chi connectivity index (χ4n) is 2.00. The third-order valence-electron chi connectivity index (χ3n) is 3.11. The van der Waals surface area contributed by atoms with Crippen molar-refractivity contribution < 1.29 is 18.3 Å². The predicted octanol–water partition coefficient (Wildman–Crippen LogP) is 4.25. The number of anilines is 1. The molecule has 3 rings (SSSR count). The molecule has 122 valence electrons. The Balaban J connectivity index is 1.63. The smallest absolute Gasteiger partial charge is 0.255 e. The molecule has 1 aromatic heterocycles. The van der Waals surface area contributed by atoms with Crippen LogP contribution in [0.25, 0.3) is 0 Å². The highest BCUT2D eigenvalue weighted by atomic mass is 32.1. The van der Waals surface area contributed by atoms with Crippen molar-refractivity contribution in [2.24, 2.45) is 0 Å². The Kier molecular flexibility index (Phi) is 4.81. The van der Waals surface area contributed by atoms with Crippen LogP contribution in [0.1, 0.15) is 16.1 Å². The molecular weight excluding hydrogens is 334 g/mol. The SMILES string of the molecule is O=C(Nc1cc(F)cc(F)c1)c1ccc(OCc2cscn2)cc1. The molecule has 2 aromatic carbocycles. The summed E-state index contributed by atoms with van der Waals surface area (Å²) in [7, 11) is 0. The van der Waals surface area contributed by atoms with E-state index in [1.165, 1.54) is 11.3 Å². The average Bonchev–Trinajstić information content (AvgIpc) is 3.06. The average molecular weight is 346 g/mol. The minimum Gasteiger partial charge on any atom is -0.487 e. The van der Waals surface area contributed by atoms with Gasteiger partial charge in [-0.25, -0.2) is 13.8 Å². The van der Waals surface area contributed by atoms with Gasteiger partial charge in [-0.15, -0.1) is 11.3 Å². The molecule has 1 heterocycles. The fraction of sp³-hybridized carbons (Fsp3) is 0.0588.